The number of amides is 1. The summed E-state index contributed by atoms with van der Waals surface area (Å²) < 4.78 is 1.21. The maximum atomic E-state index is 11.8. The first kappa shape index (κ1) is 14.8. The van der Waals surface area contributed by atoms with Gasteiger partial charge in [0, 0.05) is 28.7 Å². The molecule has 2 bridgehead atoms. The van der Waals surface area contributed by atoms with Gasteiger partial charge in [0.2, 0.25) is 0 Å². The maximum absolute atomic E-state index is 11.8. The summed E-state index contributed by atoms with van der Waals surface area (Å²) in [5, 5.41) is 6.48. The van der Waals surface area contributed by atoms with Gasteiger partial charge in [0.25, 0.3) is 5.91 Å². The molecule has 0 radical (unpaired) electrons. The summed E-state index contributed by atoms with van der Waals surface area (Å²) in [7, 11) is 0. The highest BCUT2D eigenvalue weighted by atomic mass is 79.9. The van der Waals surface area contributed by atoms with E-state index in [0.29, 0.717) is 18.6 Å². The molecule has 2 saturated heterocycles. The Morgan fingerprint density at radius 2 is 1.76 bits per heavy atom. The molecule has 2 aliphatic heterocycles. The van der Waals surface area contributed by atoms with Crippen LogP contribution >= 0.6 is 15.9 Å². The average Bonchev–Trinajstić information content (AvgIpc) is 2.85. The highest BCUT2D eigenvalue weighted by Gasteiger charge is 2.31. The molecule has 1 aromatic rings. The number of piperidine rings is 1. The fourth-order valence-electron chi connectivity index (χ4n) is 3.32. The molecule has 0 aromatic heterocycles. The molecule has 0 saturated carbocycles. The van der Waals surface area contributed by atoms with E-state index < -0.39 is 0 Å². The molecule has 112 valence electrons. The lowest BCUT2D eigenvalue weighted by Gasteiger charge is -2.25. The Kier molecular flexibility index (Phi) is 4.45. The van der Waals surface area contributed by atoms with Gasteiger partial charge in [-0.2, -0.15) is 0 Å². The van der Waals surface area contributed by atoms with E-state index in [2.05, 4.69) is 26.6 Å². The zero-order chi connectivity index (χ0) is 14.8. The van der Waals surface area contributed by atoms with Crippen molar-refractivity contribution in [2.24, 2.45) is 0 Å². The standard InChI is InChI=1S/C17H21BrN2O/c1-2-19-17(21)12-5-3-11(4-6-12)16(18)13-9-14-7-8-15(10-13)20-14/h3-6,14-15,20H,2,7-10H2,1H3,(H,19,21)/t14-,15+. The van der Waals surface area contributed by atoms with E-state index >= 15 is 0 Å². The second-order valence-electron chi connectivity index (χ2n) is 5.90. The number of hydrogen-bond donors (Lipinski definition) is 2. The highest BCUT2D eigenvalue weighted by molar-refractivity contribution is 9.15. The predicted molar refractivity (Wildman–Crippen MR) is 89.5 cm³/mol. The van der Waals surface area contributed by atoms with E-state index in [4.69, 9.17) is 0 Å². The zero-order valence-electron chi connectivity index (χ0n) is 12.3. The van der Waals surface area contributed by atoms with Crippen molar-refractivity contribution in [3.05, 3.63) is 41.0 Å². The van der Waals surface area contributed by atoms with Crippen molar-refractivity contribution < 1.29 is 4.79 Å². The second kappa shape index (κ2) is 6.32. The molecule has 3 nitrogen and oxygen atoms in total. The lowest BCUT2D eigenvalue weighted by molar-refractivity contribution is 0.0956. The van der Waals surface area contributed by atoms with Crippen LogP contribution in [0.1, 0.15) is 48.5 Å². The van der Waals surface area contributed by atoms with Crippen LogP contribution in [-0.4, -0.2) is 24.5 Å². The normalized spacial score (nSPS) is 26.6. The number of halogens is 1. The lowest BCUT2D eigenvalue weighted by atomic mass is 9.96. The summed E-state index contributed by atoms with van der Waals surface area (Å²) in [5.74, 6) is -0.00673. The first-order chi connectivity index (χ1) is 10.2. The van der Waals surface area contributed by atoms with Crippen LogP contribution in [0.4, 0.5) is 0 Å². The quantitative estimate of drug-likeness (QED) is 0.878. The van der Waals surface area contributed by atoms with Crippen LogP contribution in [0.15, 0.2) is 29.8 Å². The van der Waals surface area contributed by atoms with E-state index in [9.17, 15) is 4.79 Å². The molecule has 0 spiro atoms. The minimum absolute atomic E-state index is 0.00673. The van der Waals surface area contributed by atoms with Crippen LogP contribution in [0.5, 0.6) is 0 Å². The highest BCUT2D eigenvalue weighted by Crippen LogP contribution is 2.37. The van der Waals surface area contributed by atoms with Crippen LogP contribution in [0.3, 0.4) is 0 Å². The van der Waals surface area contributed by atoms with E-state index in [-0.39, 0.29) is 5.91 Å². The zero-order valence-corrected chi connectivity index (χ0v) is 13.9. The maximum Gasteiger partial charge on any atom is 0.251 e. The van der Waals surface area contributed by atoms with Crippen LogP contribution in [0.2, 0.25) is 0 Å². The smallest absolute Gasteiger partial charge is 0.251 e. The van der Waals surface area contributed by atoms with Crippen LogP contribution in [0.25, 0.3) is 4.48 Å². The Hall–Kier alpha value is -1.13. The first-order valence-corrected chi connectivity index (χ1v) is 8.49. The number of carbonyl (C=O) groups excluding carboxylic acids is 1. The largest absolute Gasteiger partial charge is 0.352 e. The minimum Gasteiger partial charge on any atom is -0.352 e. The van der Waals surface area contributed by atoms with Gasteiger partial charge in [-0.15, -0.1) is 0 Å². The molecule has 0 unspecified atom stereocenters. The minimum atomic E-state index is -0.00673. The number of fused-ring (bicyclic) bond motifs is 2. The molecule has 2 N–H and O–H groups in total. The van der Waals surface area contributed by atoms with Gasteiger partial charge < -0.3 is 10.6 Å². The van der Waals surface area contributed by atoms with Crippen molar-refractivity contribution in [2.45, 2.75) is 44.7 Å². The molecule has 2 atom stereocenters. The number of carbonyl (C=O) groups is 1. The fraction of sp³-hybridized carbons (Fsp3) is 0.471. The van der Waals surface area contributed by atoms with Gasteiger partial charge in [-0.25, -0.2) is 0 Å². The van der Waals surface area contributed by atoms with Crippen molar-refractivity contribution in [2.75, 3.05) is 6.54 Å². The molecule has 1 aromatic carbocycles. The Labute approximate surface area is 134 Å². The van der Waals surface area contributed by atoms with Crippen molar-refractivity contribution >= 4 is 26.3 Å². The van der Waals surface area contributed by atoms with E-state index in [1.165, 1.54) is 28.5 Å². The molecular formula is C17H21BrN2O. The summed E-state index contributed by atoms with van der Waals surface area (Å²) in [6.07, 6.45) is 4.86. The van der Waals surface area contributed by atoms with E-state index in [1.807, 2.05) is 31.2 Å². The number of rotatable bonds is 3. The second-order valence-corrected chi connectivity index (χ2v) is 6.69. The van der Waals surface area contributed by atoms with Crippen molar-refractivity contribution in [1.82, 2.24) is 10.6 Å². The molecule has 1 amide bonds. The van der Waals surface area contributed by atoms with Gasteiger partial charge in [0.15, 0.2) is 0 Å². The SMILES string of the molecule is CCNC(=O)c1ccc(C(Br)=C2C[C@H]3CC[C@@H](C2)N3)cc1. The summed E-state index contributed by atoms with van der Waals surface area (Å²) in [4.78, 5) is 11.8. The van der Waals surface area contributed by atoms with Gasteiger partial charge in [0.1, 0.15) is 0 Å². The van der Waals surface area contributed by atoms with Crippen LogP contribution < -0.4 is 10.6 Å². The third-order valence-electron chi connectivity index (χ3n) is 4.37. The molecule has 21 heavy (non-hydrogen) atoms. The van der Waals surface area contributed by atoms with E-state index in [1.54, 1.807) is 0 Å². The Balaban J connectivity index is 1.78. The van der Waals surface area contributed by atoms with Gasteiger partial charge in [0.05, 0.1) is 0 Å². The number of nitrogens with one attached hydrogen (secondary N) is 2. The Morgan fingerprint density at radius 1 is 1.19 bits per heavy atom. The monoisotopic (exact) mass is 348 g/mol. The van der Waals surface area contributed by atoms with Crippen molar-refractivity contribution in [1.29, 1.82) is 0 Å². The number of benzene rings is 1. The third-order valence-corrected chi connectivity index (χ3v) is 5.39. The number of hydrogen-bond acceptors (Lipinski definition) is 2. The lowest BCUT2D eigenvalue weighted by Crippen LogP contribution is -2.34. The Morgan fingerprint density at radius 3 is 2.33 bits per heavy atom. The molecule has 4 heteroatoms. The van der Waals surface area contributed by atoms with Crippen molar-refractivity contribution in [3.63, 3.8) is 0 Å². The summed E-state index contributed by atoms with van der Waals surface area (Å²) in [5.41, 5.74) is 3.39. The molecule has 2 aliphatic rings. The van der Waals surface area contributed by atoms with E-state index in [0.717, 1.165) is 18.4 Å². The van der Waals surface area contributed by atoms with Crippen LogP contribution in [-0.2, 0) is 0 Å². The molecule has 2 fully saturated rings. The summed E-state index contributed by atoms with van der Waals surface area (Å²) in [6, 6.07) is 9.18. The van der Waals surface area contributed by atoms with Gasteiger partial charge in [-0.3, -0.25) is 4.79 Å². The first-order valence-electron chi connectivity index (χ1n) is 7.69. The summed E-state index contributed by atoms with van der Waals surface area (Å²) >= 11 is 3.77. The van der Waals surface area contributed by atoms with Crippen LogP contribution in [0, 0.1) is 0 Å². The fourth-order valence-corrected chi connectivity index (χ4v) is 3.90. The topological polar surface area (TPSA) is 41.1 Å². The Bertz CT molecular complexity index is 551. The van der Waals surface area contributed by atoms with Gasteiger partial charge in [-0.05, 0) is 50.3 Å². The predicted octanol–water partition coefficient (Wildman–Crippen LogP) is 3.46. The van der Waals surface area contributed by atoms with Crippen molar-refractivity contribution in [3.8, 4) is 0 Å². The summed E-state index contributed by atoms with van der Waals surface area (Å²) in [6.45, 7) is 2.59. The molecule has 0 aliphatic carbocycles. The molecule has 2 heterocycles. The van der Waals surface area contributed by atoms with Gasteiger partial charge >= 0.3 is 0 Å². The molecular weight excluding hydrogens is 328 g/mol. The molecule has 3 rings (SSSR count). The average molecular weight is 349 g/mol. The third kappa shape index (κ3) is 3.22. The van der Waals surface area contributed by atoms with Gasteiger partial charge in [-0.1, -0.05) is 33.6 Å².